The van der Waals surface area contributed by atoms with Crippen LogP contribution in [-0.4, -0.2) is 40.7 Å². The van der Waals surface area contributed by atoms with Gasteiger partial charge in [-0.1, -0.05) is 6.07 Å². The Kier molecular flexibility index (Phi) is 6.37. The predicted molar refractivity (Wildman–Crippen MR) is 77.8 cm³/mol. The molecule has 0 saturated heterocycles. The van der Waals surface area contributed by atoms with E-state index in [0.717, 1.165) is 11.1 Å². The van der Waals surface area contributed by atoms with Gasteiger partial charge in [0.15, 0.2) is 6.61 Å². The van der Waals surface area contributed by atoms with Crippen molar-refractivity contribution in [1.82, 2.24) is 5.32 Å². The van der Waals surface area contributed by atoms with Gasteiger partial charge in [0.05, 0.1) is 0 Å². The van der Waals surface area contributed by atoms with Crippen LogP contribution >= 0.6 is 0 Å². The summed E-state index contributed by atoms with van der Waals surface area (Å²) in [5.41, 5.74) is 1.97. The van der Waals surface area contributed by atoms with E-state index < -0.39 is 23.9 Å². The van der Waals surface area contributed by atoms with E-state index >= 15 is 0 Å². The van der Waals surface area contributed by atoms with Gasteiger partial charge in [0.2, 0.25) is 0 Å². The summed E-state index contributed by atoms with van der Waals surface area (Å²) in [5.74, 6) is -2.49. The molecule has 1 aromatic carbocycles. The Labute approximate surface area is 127 Å². The fourth-order valence-corrected chi connectivity index (χ4v) is 1.93. The second-order valence-electron chi connectivity index (χ2n) is 5.00. The van der Waals surface area contributed by atoms with Gasteiger partial charge in [-0.3, -0.25) is 9.59 Å². The second-order valence-corrected chi connectivity index (χ2v) is 5.00. The van der Waals surface area contributed by atoms with Crippen LogP contribution in [0.25, 0.3) is 0 Å². The highest BCUT2D eigenvalue weighted by atomic mass is 16.5. The van der Waals surface area contributed by atoms with E-state index in [2.05, 4.69) is 5.32 Å². The SMILES string of the molecule is Cc1cc(C)cc(OCC(=O)N[C@@H](CCC(=O)O)C(=O)O)c1. The zero-order chi connectivity index (χ0) is 16.7. The fraction of sp³-hybridized carbons (Fsp3) is 0.400. The molecule has 0 heterocycles. The smallest absolute Gasteiger partial charge is 0.326 e. The van der Waals surface area contributed by atoms with Crippen LogP contribution in [0.4, 0.5) is 0 Å². The van der Waals surface area contributed by atoms with Crippen LogP contribution in [0.3, 0.4) is 0 Å². The van der Waals surface area contributed by atoms with Gasteiger partial charge in [0, 0.05) is 6.42 Å². The average Bonchev–Trinajstić information content (AvgIpc) is 2.39. The normalized spacial score (nSPS) is 11.5. The van der Waals surface area contributed by atoms with E-state index in [-0.39, 0.29) is 19.4 Å². The van der Waals surface area contributed by atoms with Crippen molar-refractivity contribution in [3.05, 3.63) is 29.3 Å². The number of carboxylic acids is 2. The number of carbonyl (C=O) groups excluding carboxylic acids is 1. The summed E-state index contributed by atoms with van der Waals surface area (Å²) in [6.45, 7) is 3.46. The van der Waals surface area contributed by atoms with E-state index in [4.69, 9.17) is 14.9 Å². The Balaban J connectivity index is 2.52. The highest BCUT2D eigenvalue weighted by Gasteiger charge is 2.21. The first-order valence-electron chi connectivity index (χ1n) is 6.73. The third kappa shape index (κ3) is 6.25. The molecule has 7 nitrogen and oxygen atoms in total. The van der Waals surface area contributed by atoms with E-state index in [1.807, 2.05) is 19.9 Å². The second kappa shape index (κ2) is 8.02. The van der Waals surface area contributed by atoms with Gasteiger partial charge in [0.1, 0.15) is 11.8 Å². The summed E-state index contributed by atoms with van der Waals surface area (Å²) >= 11 is 0. The number of nitrogens with one attached hydrogen (secondary N) is 1. The summed E-state index contributed by atoms with van der Waals surface area (Å²) in [7, 11) is 0. The molecule has 0 aliphatic heterocycles. The Morgan fingerprint density at radius 3 is 2.23 bits per heavy atom. The molecule has 0 fully saturated rings. The van der Waals surface area contributed by atoms with Crippen LogP contribution in [0.15, 0.2) is 18.2 Å². The van der Waals surface area contributed by atoms with Crippen LogP contribution in [-0.2, 0) is 14.4 Å². The van der Waals surface area contributed by atoms with Gasteiger partial charge in [-0.15, -0.1) is 0 Å². The van der Waals surface area contributed by atoms with Crippen molar-refractivity contribution in [2.24, 2.45) is 0 Å². The number of hydrogen-bond acceptors (Lipinski definition) is 4. The van der Waals surface area contributed by atoms with Crippen molar-refractivity contribution in [1.29, 1.82) is 0 Å². The molecule has 3 N–H and O–H groups in total. The molecule has 0 bridgehead atoms. The third-order valence-corrected chi connectivity index (χ3v) is 2.85. The molecule has 1 rings (SSSR count). The van der Waals surface area contributed by atoms with Crippen LogP contribution < -0.4 is 10.1 Å². The molecule has 120 valence electrons. The van der Waals surface area contributed by atoms with E-state index in [1.54, 1.807) is 12.1 Å². The van der Waals surface area contributed by atoms with Crippen LogP contribution in [0.5, 0.6) is 5.75 Å². The van der Waals surface area contributed by atoms with Gasteiger partial charge in [0.25, 0.3) is 5.91 Å². The van der Waals surface area contributed by atoms with Gasteiger partial charge >= 0.3 is 11.9 Å². The monoisotopic (exact) mass is 309 g/mol. The van der Waals surface area contributed by atoms with Crippen molar-refractivity contribution < 1.29 is 29.3 Å². The molecule has 0 saturated carbocycles. The lowest BCUT2D eigenvalue weighted by Crippen LogP contribution is -2.43. The summed E-state index contributed by atoms with van der Waals surface area (Å²) in [6.07, 6.45) is -0.519. The molecule has 0 spiro atoms. The number of hydrogen-bond donors (Lipinski definition) is 3. The van der Waals surface area contributed by atoms with Crippen molar-refractivity contribution in [3.63, 3.8) is 0 Å². The third-order valence-electron chi connectivity index (χ3n) is 2.85. The number of ether oxygens (including phenoxy) is 1. The highest BCUT2D eigenvalue weighted by molar-refractivity contribution is 5.84. The van der Waals surface area contributed by atoms with Gasteiger partial charge < -0.3 is 20.3 Å². The minimum absolute atomic E-state index is 0.181. The van der Waals surface area contributed by atoms with Crippen LogP contribution in [0.1, 0.15) is 24.0 Å². The number of carbonyl (C=O) groups is 3. The molecular weight excluding hydrogens is 290 g/mol. The quantitative estimate of drug-likeness (QED) is 0.663. The van der Waals surface area contributed by atoms with Gasteiger partial charge in [-0.2, -0.15) is 0 Å². The van der Waals surface area contributed by atoms with Crippen molar-refractivity contribution in [2.45, 2.75) is 32.7 Å². The minimum Gasteiger partial charge on any atom is -0.484 e. The summed E-state index contributed by atoms with van der Waals surface area (Å²) < 4.78 is 5.31. The summed E-state index contributed by atoms with van der Waals surface area (Å²) in [4.78, 5) is 33.1. The molecule has 0 radical (unpaired) electrons. The summed E-state index contributed by atoms with van der Waals surface area (Å²) in [5, 5.41) is 19.7. The zero-order valence-corrected chi connectivity index (χ0v) is 12.5. The lowest BCUT2D eigenvalue weighted by Gasteiger charge is -2.14. The predicted octanol–water partition coefficient (Wildman–Crippen LogP) is 1.12. The lowest BCUT2D eigenvalue weighted by molar-refractivity contribution is -0.143. The molecule has 1 amide bonds. The van der Waals surface area contributed by atoms with E-state index in [1.165, 1.54) is 0 Å². The van der Waals surface area contributed by atoms with E-state index in [9.17, 15) is 14.4 Å². The number of benzene rings is 1. The molecule has 0 aliphatic carbocycles. The van der Waals surface area contributed by atoms with Gasteiger partial charge in [-0.05, 0) is 43.5 Å². The van der Waals surface area contributed by atoms with Crippen molar-refractivity contribution >= 4 is 17.8 Å². The minimum atomic E-state index is -1.28. The summed E-state index contributed by atoms with van der Waals surface area (Å²) in [6, 6.07) is 4.24. The number of aliphatic carboxylic acids is 2. The van der Waals surface area contributed by atoms with E-state index in [0.29, 0.717) is 5.75 Å². The van der Waals surface area contributed by atoms with Crippen molar-refractivity contribution in [3.8, 4) is 5.75 Å². The molecule has 1 atom stereocenters. The molecule has 0 aromatic heterocycles. The Bertz CT molecular complexity index is 549. The molecule has 22 heavy (non-hydrogen) atoms. The fourth-order valence-electron chi connectivity index (χ4n) is 1.93. The number of carboxylic acid groups (broad SMARTS) is 2. The molecule has 0 aliphatic rings. The average molecular weight is 309 g/mol. The largest absolute Gasteiger partial charge is 0.484 e. The number of aryl methyl sites for hydroxylation is 2. The first-order chi connectivity index (χ1) is 10.3. The van der Waals surface area contributed by atoms with Crippen LogP contribution in [0, 0.1) is 13.8 Å². The topological polar surface area (TPSA) is 113 Å². The maximum absolute atomic E-state index is 11.7. The maximum Gasteiger partial charge on any atom is 0.326 e. The highest BCUT2D eigenvalue weighted by Crippen LogP contribution is 2.15. The Morgan fingerprint density at radius 2 is 1.73 bits per heavy atom. The molecular formula is C15H19NO6. The standard InChI is InChI=1S/C15H19NO6/c1-9-5-10(2)7-11(6-9)22-8-13(17)16-12(15(20)21)3-4-14(18)19/h5-7,12H,3-4,8H2,1-2H3,(H,16,17)(H,18,19)(H,20,21)/t12-/m0/s1. The van der Waals surface area contributed by atoms with Crippen molar-refractivity contribution in [2.75, 3.05) is 6.61 Å². The number of amides is 1. The lowest BCUT2D eigenvalue weighted by atomic mass is 10.1. The Hall–Kier alpha value is -2.57. The maximum atomic E-state index is 11.7. The molecule has 0 unspecified atom stereocenters. The first kappa shape index (κ1) is 17.5. The zero-order valence-electron chi connectivity index (χ0n) is 12.5. The Morgan fingerprint density at radius 1 is 1.14 bits per heavy atom. The molecule has 1 aromatic rings. The van der Waals surface area contributed by atoms with Crippen LogP contribution in [0.2, 0.25) is 0 Å². The number of rotatable bonds is 8. The first-order valence-corrected chi connectivity index (χ1v) is 6.73. The van der Waals surface area contributed by atoms with Gasteiger partial charge in [-0.25, -0.2) is 4.79 Å². The molecule has 7 heteroatoms.